The highest BCUT2D eigenvalue weighted by Crippen LogP contribution is 2.34. The molecular weight excluding hydrogens is 287 g/mol. The van der Waals surface area contributed by atoms with Crippen molar-refractivity contribution in [1.82, 2.24) is 0 Å². The van der Waals surface area contributed by atoms with Crippen LogP contribution in [-0.2, 0) is 0 Å². The maximum Gasteiger partial charge on any atom is 0.0479 e. The fourth-order valence-electron chi connectivity index (χ4n) is 1.61. The number of hydrogen-bond donors (Lipinski definition) is 2. The molecule has 0 saturated heterocycles. The van der Waals surface area contributed by atoms with Crippen LogP contribution >= 0.6 is 22.6 Å². The minimum absolute atomic E-state index is 0.590. The van der Waals surface area contributed by atoms with Crippen molar-refractivity contribution in [1.29, 1.82) is 0 Å². The van der Waals surface area contributed by atoms with E-state index < -0.39 is 0 Å². The fourth-order valence-corrected chi connectivity index (χ4v) is 2.30. The molecule has 0 aliphatic heterocycles. The highest BCUT2D eigenvalue weighted by Gasteiger charge is 2.27. The largest absolute Gasteiger partial charge is 0.399 e. The smallest absolute Gasteiger partial charge is 0.0479 e. The second-order valence-corrected chi connectivity index (χ2v) is 5.17. The van der Waals surface area contributed by atoms with E-state index in [1.54, 1.807) is 0 Å². The van der Waals surface area contributed by atoms with Crippen LogP contribution in [0, 0.1) is 9.49 Å². The Hall–Kier alpha value is -0.450. The molecule has 1 fully saturated rings. The average Bonchev–Trinajstić information content (AvgIpc) is 2.92. The number of rotatable bonds is 3. The molecule has 2 nitrogen and oxygen atoms in total. The van der Waals surface area contributed by atoms with Gasteiger partial charge in [0.2, 0.25) is 0 Å². The van der Waals surface area contributed by atoms with Crippen LogP contribution in [0.25, 0.3) is 0 Å². The summed E-state index contributed by atoms with van der Waals surface area (Å²) in [6, 6.07) is 6.61. The lowest BCUT2D eigenvalue weighted by molar-refractivity contribution is 0.694. The number of hydrogen-bond acceptors (Lipinski definition) is 2. The summed E-state index contributed by atoms with van der Waals surface area (Å²) in [6.07, 6.45) is 2.75. The van der Waals surface area contributed by atoms with Crippen molar-refractivity contribution < 1.29 is 0 Å². The van der Waals surface area contributed by atoms with Crippen molar-refractivity contribution in [3.8, 4) is 0 Å². The summed E-state index contributed by atoms with van der Waals surface area (Å²) in [7, 11) is 0. The molecule has 1 saturated carbocycles. The molecule has 1 aliphatic rings. The van der Waals surface area contributed by atoms with Crippen molar-refractivity contribution >= 4 is 34.0 Å². The molecule has 1 atom stereocenters. The average molecular weight is 302 g/mol. The summed E-state index contributed by atoms with van der Waals surface area (Å²) in [6.45, 7) is 2.25. The minimum atomic E-state index is 0.590. The Morgan fingerprint density at radius 1 is 1.50 bits per heavy atom. The molecule has 1 aromatic rings. The number of nitrogens with two attached hydrogens (primary N) is 1. The molecule has 1 aromatic carbocycles. The van der Waals surface area contributed by atoms with Crippen LogP contribution in [0.5, 0.6) is 0 Å². The maximum atomic E-state index is 5.70. The summed E-state index contributed by atoms with van der Waals surface area (Å²) in [5.74, 6) is 0.878. The summed E-state index contributed by atoms with van der Waals surface area (Å²) >= 11 is 2.32. The zero-order chi connectivity index (χ0) is 10.1. The number of halogens is 1. The molecule has 0 aromatic heterocycles. The predicted octanol–water partition coefficient (Wildman–Crippen LogP) is 3.08. The third-order valence-corrected chi connectivity index (χ3v) is 3.60. The van der Waals surface area contributed by atoms with Crippen LogP contribution in [0.3, 0.4) is 0 Å². The minimum Gasteiger partial charge on any atom is -0.399 e. The van der Waals surface area contributed by atoms with E-state index in [9.17, 15) is 0 Å². The van der Waals surface area contributed by atoms with Crippen molar-refractivity contribution in [2.24, 2.45) is 5.92 Å². The summed E-state index contributed by atoms with van der Waals surface area (Å²) in [5, 5.41) is 3.54. The highest BCUT2D eigenvalue weighted by atomic mass is 127. The van der Waals surface area contributed by atoms with Crippen LogP contribution in [0.4, 0.5) is 11.4 Å². The lowest BCUT2D eigenvalue weighted by atomic mass is 10.2. The van der Waals surface area contributed by atoms with Crippen molar-refractivity contribution in [3.63, 3.8) is 0 Å². The van der Waals surface area contributed by atoms with Crippen LogP contribution in [-0.4, -0.2) is 6.04 Å². The lowest BCUT2D eigenvalue weighted by Gasteiger charge is -2.15. The van der Waals surface area contributed by atoms with Gasteiger partial charge in [0.15, 0.2) is 0 Å². The Kier molecular flexibility index (Phi) is 2.85. The molecule has 0 heterocycles. The van der Waals surface area contributed by atoms with E-state index >= 15 is 0 Å². The van der Waals surface area contributed by atoms with E-state index in [0.29, 0.717) is 6.04 Å². The first kappa shape index (κ1) is 10.1. The van der Waals surface area contributed by atoms with Crippen molar-refractivity contribution in [2.45, 2.75) is 25.8 Å². The second-order valence-electron chi connectivity index (χ2n) is 4.01. The van der Waals surface area contributed by atoms with Crippen LogP contribution in [0.15, 0.2) is 18.2 Å². The van der Waals surface area contributed by atoms with Crippen molar-refractivity contribution in [3.05, 3.63) is 21.8 Å². The third-order valence-electron chi connectivity index (χ3n) is 2.71. The van der Waals surface area contributed by atoms with Crippen molar-refractivity contribution in [2.75, 3.05) is 11.1 Å². The molecule has 1 aliphatic carbocycles. The maximum absolute atomic E-state index is 5.70. The molecule has 1 unspecified atom stereocenters. The molecule has 0 amide bonds. The Balaban J connectivity index is 2.07. The number of benzene rings is 1. The molecular formula is C11H15IN2. The fraction of sp³-hybridized carbons (Fsp3) is 0.455. The molecule has 0 spiro atoms. The van der Waals surface area contributed by atoms with E-state index in [1.807, 2.05) is 12.1 Å². The third kappa shape index (κ3) is 2.32. The number of nitrogens with one attached hydrogen (secondary N) is 1. The second kappa shape index (κ2) is 3.96. The Morgan fingerprint density at radius 3 is 2.79 bits per heavy atom. The van der Waals surface area contributed by atoms with Gasteiger partial charge in [-0.2, -0.15) is 0 Å². The van der Waals surface area contributed by atoms with Gasteiger partial charge in [-0.1, -0.05) is 0 Å². The van der Waals surface area contributed by atoms with Gasteiger partial charge in [0.25, 0.3) is 0 Å². The molecule has 0 radical (unpaired) electrons. The first-order valence-corrected chi connectivity index (χ1v) is 6.06. The predicted molar refractivity (Wildman–Crippen MR) is 69.4 cm³/mol. The Bertz CT molecular complexity index is 334. The summed E-state index contributed by atoms with van der Waals surface area (Å²) < 4.78 is 1.20. The van der Waals surface area contributed by atoms with Crippen LogP contribution in [0.1, 0.15) is 19.8 Å². The van der Waals surface area contributed by atoms with Gasteiger partial charge in [-0.05, 0) is 66.5 Å². The molecule has 0 bridgehead atoms. The first-order valence-electron chi connectivity index (χ1n) is 4.98. The molecule has 76 valence electrons. The van der Waals surface area contributed by atoms with E-state index in [2.05, 4.69) is 40.9 Å². The Labute approximate surface area is 98.4 Å². The normalized spacial score (nSPS) is 17.9. The SMILES string of the molecule is CC(Nc1ccc(N)cc1I)C1CC1. The molecule has 2 rings (SSSR count). The quantitative estimate of drug-likeness (QED) is 0.665. The molecule has 3 heteroatoms. The zero-order valence-corrected chi connectivity index (χ0v) is 10.4. The number of nitrogen functional groups attached to an aromatic ring is 1. The van der Waals surface area contributed by atoms with E-state index in [4.69, 9.17) is 5.73 Å². The van der Waals surface area contributed by atoms with Gasteiger partial charge in [0.1, 0.15) is 0 Å². The van der Waals surface area contributed by atoms with Gasteiger partial charge in [0.05, 0.1) is 0 Å². The van der Waals surface area contributed by atoms with Gasteiger partial charge in [-0.15, -0.1) is 0 Å². The van der Waals surface area contributed by atoms with Gasteiger partial charge >= 0.3 is 0 Å². The van der Waals surface area contributed by atoms with E-state index in [1.165, 1.54) is 22.1 Å². The first-order chi connectivity index (χ1) is 6.66. The monoisotopic (exact) mass is 302 g/mol. The van der Waals surface area contributed by atoms with E-state index in [0.717, 1.165) is 11.6 Å². The highest BCUT2D eigenvalue weighted by molar-refractivity contribution is 14.1. The van der Waals surface area contributed by atoms with Gasteiger partial charge in [-0.25, -0.2) is 0 Å². The lowest BCUT2D eigenvalue weighted by Crippen LogP contribution is -2.17. The molecule has 14 heavy (non-hydrogen) atoms. The summed E-state index contributed by atoms with van der Waals surface area (Å²) in [5.41, 5.74) is 7.74. The van der Waals surface area contributed by atoms with E-state index in [-0.39, 0.29) is 0 Å². The zero-order valence-electron chi connectivity index (χ0n) is 8.26. The van der Waals surface area contributed by atoms with Crippen LogP contribution in [0.2, 0.25) is 0 Å². The van der Waals surface area contributed by atoms with Gasteiger partial charge < -0.3 is 11.1 Å². The van der Waals surface area contributed by atoms with Crippen LogP contribution < -0.4 is 11.1 Å². The Morgan fingerprint density at radius 2 is 2.21 bits per heavy atom. The van der Waals surface area contributed by atoms with Gasteiger partial charge in [0, 0.05) is 21.0 Å². The standard InChI is InChI=1S/C11H15IN2/c1-7(8-2-3-8)14-11-5-4-9(13)6-10(11)12/h4-8,14H,2-3,13H2,1H3. The molecule has 3 N–H and O–H groups in total. The van der Waals surface area contributed by atoms with Gasteiger partial charge in [-0.3, -0.25) is 0 Å². The number of anilines is 2. The topological polar surface area (TPSA) is 38.0 Å². The summed E-state index contributed by atoms with van der Waals surface area (Å²) in [4.78, 5) is 0.